The summed E-state index contributed by atoms with van der Waals surface area (Å²) in [4.78, 5) is 12.6. The minimum absolute atomic E-state index is 0.0394. The molecule has 9 atom stereocenters. The second-order valence-electron chi connectivity index (χ2n) is 14.4. The number of aliphatic carboxylic acids is 1. The van der Waals surface area contributed by atoms with Crippen LogP contribution in [-0.2, 0) is 9.53 Å². The van der Waals surface area contributed by atoms with Crippen LogP contribution < -0.4 is 0 Å². The molecule has 0 radical (unpaired) electrons. The molecule has 0 bridgehead atoms. The van der Waals surface area contributed by atoms with Crippen LogP contribution in [0.25, 0.3) is 0 Å². The zero-order chi connectivity index (χ0) is 27.8. The van der Waals surface area contributed by atoms with E-state index in [4.69, 9.17) is 4.74 Å². The number of allylic oxidation sites excluding steroid dienone is 4. The molecule has 4 aliphatic rings. The third-order valence-electron chi connectivity index (χ3n) is 12.1. The molecule has 37 heavy (non-hydrogen) atoms. The van der Waals surface area contributed by atoms with Crippen molar-refractivity contribution >= 4 is 5.97 Å². The van der Waals surface area contributed by atoms with Crippen molar-refractivity contribution in [2.75, 3.05) is 7.11 Å². The lowest BCUT2D eigenvalue weighted by molar-refractivity contribution is -0.149. The normalized spacial score (nSPS) is 42.6. The summed E-state index contributed by atoms with van der Waals surface area (Å²) in [7, 11) is 1.55. The van der Waals surface area contributed by atoms with Crippen LogP contribution in [0.3, 0.4) is 0 Å². The van der Waals surface area contributed by atoms with Gasteiger partial charge < -0.3 is 25.2 Å². The Morgan fingerprint density at radius 1 is 1.11 bits per heavy atom. The minimum atomic E-state index is -0.903. The van der Waals surface area contributed by atoms with E-state index in [2.05, 4.69) is 46.8 Å². The van der Waals surface area contributed by atoms with E-state index < -0.39 is 41.0 Å². The van der Waals surface area contributed by atoms with Gasteiger partial charge in [0.15, 0.2) is 0 Å². The van der Waals surface area contributed by atoms with Crippen LogP contribution in [0.4, 0.5) is 0 Å². The smallest absolute Gasteiger partial charge is 0.306 e. The molecular formula is C31H50O6. The molecule has 0 aromatic heterocycles. The number of methoxy groups -OCH3 is 1. The van der Waals surface area contributed by atoms with Gasteiger partial charge in [0, 0.05) is 18.4 Å². The van der Waals surface area contributed by atoms with Gasteiger partial charge in [-0.25, -0.2) is 0 Å². The van der Waals surface area contributed by atoms with E-state index in [1.165, 1.54) is 11.1 Å². The van der Waals surface area contributed by atoms with Gasteiger partial charge in [-0.1, -0.05) is 46.8 Å². The number of rotatable bonds is 7. The lowest BCUT2D eigenvalue weighted by Crippen LogP contribution is -2.54. The number of hydrogen-bond acceptors (Lipinski definition) is 5. The van der Waals surface area contributed by atoms with Gasteiger partial charge in [0.1, 0.15) is 0 Å². The summed E-state index contributed by atoms with van der Waals surface area (Å²) in [5.41, 5.74) is 0.910. The molecule has 0 aliphatic heterocycles. The van der Waals surface area contributed by atoms with Crippen LogP contribution in [0.5, 0.6) is 0 Å². The van der Waals surface area contributed by atoms with E-state index >= 15 is 0 Å². The summed E-state index contributed by atoms with van der Waals surface area (Å²) in [5, 5.41) is 43.4. The maximum atomic E-state index is 12.6. The Kier molecular flexibility index (Phi) is 7.14. The summed E-state index contributed by atoms with van der Waals surface area (Å²) in [6, 6.07) is 0. The van der Waals surface area contributed by atoms with Crippen molar-refractivity contribution in [2.24, 2.45) is 39.4 Å². The van der Waals surface area contributed by atoms with Crippen LogP contribution in [-0.4, -0.2) is 57.4 Å². The van der Waals surface area contributed by atoms with Crippen LogP contribution >= 0.6 is 0 Å². The molecule has 4 N–H and O–H groups in total. The summed E-state index contributed by atoms with van der Waals surface area (Å²) in [6.45, 7) is 14.8. The predicted octanol–water partition coefficient (Wildman–Crippen LogP) is 5.11. The molecule has 0 unspecified atom stereocenters. The van der Waals surface area contributed by atoms with E-state index in [0.717, 1.165) is 25.7 Å². The fraction of sp³-hybridized carbons (Fsp3) is 0.839. The van der Waals surface area contributed by atoms with Crippen molar-refractivity contribution in [3.05, 3.63) is 23.3 Å². The number of aliphatic hydroxyl groups excluding tert-OH is 3. The zero-order valence-corrected chi connectivity index (χ0v) is 24.2. The molecule has 0 aromatic rings. The predicted molar refractivity (Wildman–Crippen MR) is 144 cm³/mol. The first-order chi connectivity index (χ1) is 17.0. The van der Waals surface area contributed by atoms with Crippen molar-refractivity contribution in [1.82, 2.24) is 0 Å². The first kappa shape index (κ1) is 28.8. The molecule has 210 valence electrons. The highest BCUT2D eigenvalue weighted by Gasteiger charge is 2.66. The summed E-state index contributed by atoms with van der Waals surface area (Å²) in [5.74, 6) is -1.73. The largest absolute Gasteiger partial charge is 0.481 e. The van der Waals surface area contributed by atoms with Crippen molar-refractivity contribution in [3.8, 4) is 0 Å². The van der Waals surface area contributed by atoms with Crippen LogP contribution in [0.15, 0.2) is 23.3 Å². The fourth-order valence-electron chi connectivity index (χ4n) is 9.10. The molecule has 2 saturated carbocycles. The quantitative estimate of drug-likeness (QED) is 0.373. The highest BCUT2D eigenvalue weighted by molar-refractivity contribution is 5.71. The molecule has 0 spiro atoms. The monoisotopic (exact) mass is 518 g/mol. The molecule has 4 rings (SSSR count). The Morgan fingerprint density at radius 2 is 1.76 bits per heavy atom. The average Bonchev–Trinajstić information content (AvgIpc) is 3.02. The van der Waals surface area contributed by atoms with Crippen molar-refractivity contribution in [1.29, 1.82) is 0 Å². The van der Waals surface area contributed by atoms with Gasteiger partial charge in [-0.2, -0.15) is 0 Å². The number of carboxylic acids is 1. The van der Waals surface area contributed by atoms with Crippen molar-refractivity contribution in [3.63, 3.8) is 0 Å². The topological polar surface area (TPSA) is 107 Å². The lowest BCUT2D eigenvalue weighted by atomic mass is 9.44. The van der Waals surface area contributed by atoms with Gasteiger partial charge in [-0.15, -0.1) is 0 Å². The molecule has 0 aromatic carbocycles. The Bertz CT molecular complexity index is 980. The van der Waals surface area contributed by atoms with Crippen molar-refractivity contribution < 1.29 is 30.0 Å². The maximum Gasteiger partial charge on any atom is 0.306 e. The number of carbonyl (C=O) groups is 1. The molecule has 0 saturated heterocycles. The molecule has 4 aliphatic carbocycles. The van der Waals surface area contributed by atoms with Gasteiger partial charge in [-0.3, -0.25) is 4.79 Å². The fourth-order valence-corrected chi connectivity index (χ4v) is 9.10. The molecule has 0 amide bonds. The van der Waals surface area contributed by atoms with Gasteiger partial charge in [0.05, 0.1) is 29.8 Å². The lowest BCUT2D eigenvalue weighted by Gasteiger charge is -2.61. The Labute approximate surface area is 223 Å². The third-order valence-corrected chi connectivity index (χ3v) is 12.1. The highest BCUT2D eigenvalue weighted by atomic mass is 16.5. The van der Waals surface area contributed by atoms with Crippen molar-refractivity contribution in [2.45, 2.75) is 117 Å². The van der Waals surface area contributed by atoms with Gasteiger partial charge in [-0.05, 0) is 92.1 Å². The summed E-state index contributed by atoms with van der Waals surface area (Å²) >= 11 is 0. The summed E-state index contributed by atoms with van der Waals surface area (Å²) in [6.07, 6.45) is 7.33. The molecule has 2 fully saturated rings. The number of fused-ring (bicyclic) bond motifs is 5. The number of carboxylic acid groups (broad SMARTS) is 1. The second-order valence-corrected chi connectivity index (χ2v) is 14.4. The minimum Gasteiger partial charge on any atom is -0.481 e. The van der Waals surface area contributed by atoms with Gasteiger partial charge in [0.25, 0.3) is 0 Å². The number of aliphatic hydroxyl groups is 3. The van der Waals surface area contributed by atoms with Crippen LogP contribution in [0.1, 0.15) is 93.4 Å². The van der Waals surface area contributed by atoms with Gasteiger partial charge >= 0.3 is 5.97 Å². The molecular weight excluding hydrogens is 468 g/mol. The van der Waals surface area contributed by atoms with Gasteiger partial charge in [0.2, 0.25) is 0 Å². The molecule has 6 nitrogen and oxygen atoms in total. The average molecular weight is 519 g/mol. The summed E-state index contributed by atoms with van der Waals surface area (Å²) < 4.78 is 5.42. The van der Waals surface area contributed by atoms with E-state index in [9.17, 15) is 25.2 Å². The number of hydrogen-bond donors (Lipinski definition) is 4. The standard InChI is InChI=1S/C31H50O6/c1-27(2)22-11-10-20-19(29(22,5)15-14-23(27)33)13-16-30(6)25(21(32)17-31(20,30)7)18(26(35)36)9-12-24(34)28(3,4)37-8/h10,13,18,21-25,32-34H,9,11-12,14-17H2,1-8H3,(H,35,36)/t18-,21-,22+,23+,24+,25+,29-,30-,31+/m1/s1. The number of ether oxygens (including phenoxy) is 1. The Morgan fingerprint density at radius 3 is 2.35 bits per heavy atom. The van der Waals surface area contributed by atoms with E-state index in [0.29, 0.717) is 18.8 Å². The SMILES string of the molecule is COC(C)(C)[C@@H](O)CC[C@@H](C(=O)O)[C@H]1[C@H](O)C[C@@]2(C)C3=CC[C@H]4C(C)(C)[C@@H](O)CC[C@]4(C)C3=CC[C@]12C. The third kappa shape index (κ3) is 4.08. The first-order valence-corrected chi connectivity index (χ1v) is 14.2. The van der Waals surface area contributed by atoms with E-state index in [-0.39, 0.29) is 28.8 Å². The van der Waals surface area contributed by atoms with E-state index in [1.807, 2.05) is 0 Å². The molecule has 6 heteroatoms. The Balaban J connectivity index is 1.69. The molecule has 0 heterocycles. The zero-order valence-electron chi connectivity index (χ0n) is 24.2. The van der Waals surface area contributed by atoms with Crippen LogP contribution in [0, 0.1) is 39.4 Å². The Hall–Kier alpha value is -1.21. The van der Waals surface area contributed by atoms with E-state index in [1.54, 1.807) is 21.0 Å². The first-order valence-electron chi connectivity index (χ1n) is 14.2. The second kappa shape index (κ2) is 9.18. The van der Waals surface area contributed by atoms with Crippen LogP contribution in [0.2, 0.25) is 0 Å². The highest BCUT2D eigenvalue weighted by Crippen LogP contribution is 2.71. The maximum absolute atomic E-state index is 12.6.